The fourth-order valence-corrected chi connectivity index (χ4v) is 5.11. The molecule has 0 bridgehead atoms. The van der Waals surface area contributed by atoms with Gasteiger partial charge in [0.2, 0.25) is 5.91 Å². The van der Waals surface area contributed by atoms with Crippen molar-refractivity contribution in [3.63, 3.8) is 0 Å². The van der Waals surface area contributed by atoms with Crippen LogP contribution in [0.2, 0.25) is 0 Å². The largest absolute Gasteiger partial charge is 0.442 e. The summed E-state index contributed by atoms with van der Waals surface area (Å²) in [5.74, 6) is 0.635. The first kappa shape index (κ1) is 24.5. The van der Waals surface area contributed by atoms with Gasteiger partial charge in [0, 0.05) is 48.5 Å². The first-order chi connectivity index (χ1) is 18.0. The predicted molar refractivity (Wildman–Crippen MR) is 140 cm³/mol. The number of hydrogen-bond donors (Lipinski definition) is 1. The number of hydrogen-bond acceptors (Lipinski definition) is 9. The van der Waals surface area contributed by atoms with Crippen molar-refractivity contribution >= 4 is 46.2 Å². The first-order valence-electron chi connectivity index (χ1n) is 11.9. The number of carbonyl (C=O) groups excluding carboxylic acids is 2. The molecule has 2 aliphatic rings. The van der Waals surface area contributed by atoms with E-state index in [9.17, 15) is 19.7 Å². The lowest BCUT2D eigenvalue weighted by Crippen LogP contribution is -2.46. The van der Waals surface area contributed by atoms with E-state index in [2.05, 4.69) is 20.1 Å². The Kier molecular flexibility index (Phi) is 7.17. The van der Waals surface area contributed by atoms with E-state index in [4.69, 9.17) is 4.74 Å². The lowest BCUT2D eigenvalue weighted by atomic mass is 10.2. The van der Waals surface area contributed by atoms with E-state index in [0.717, 1.165) is 48.2 Å². The molecule has 0 saturated carbocycles. The van der Waals surface area contributed by atoms with E-state index in [-0.39, 0.29) is 18.1 Å². The molecule has 2 amide bonds. The number of benzene rings is 1. The highest BCUT2D eigenvalue weighted by molar-refractivity contribution is 7.10. The smallest absolute Gasteiger partial charge is 0.414 e. The zero-order valence-corrected chi connectivity index (χ0v) is 20.8. The second kappa shape index (κ2) is 10.8. The number of ether oxygens (including phenoxy) is 1. The molecular weight excluding hydrogens is 496 g/mol. The molecule has 4 heterocycles. The number of amides is 2. The van der Waals surface area contributed by atoms with E-state index in [1.165, 1.54) is 23.6 Å². The summed E-state index contributed by atoms with van der Waals surface area (Å²) < 4.78 is 5.45. The Balaban J connectivity index is 1.11. The van der Waals surface area contributed by atoms with E-state index in [1.807, 2.05) is 41.8 Å². The van der Waals surface area contributed by atoms with Crippen LogP contribution in [0.3, 0.4) is 0 Å². The van der Waals surface area contributed by atoms with Gasteiger partial charge in [-0.1, -0.05) is 6.07 Å². The predicted octanol–water partition coefficient (Wildman–Crippen LogP) is 3.06. The molecule has 0 spiro atoms. The Labute approximate surface area is 217 Å². The van der Waals surface area contributed by atoms with Crippen molar-refractivity contribution in [1.29, 1.82) is 0 Å². The Morgan fingerprint density at radius 2 is 1.81 bits per heavy atom. The maximum Gasteiger partial charge on any atom is 0.414 e. The van der Waals surface area contributed by atoms with Crippen molar-refractivity contribution in [2.24, 2.45) is 0 Å². The van der Waals surface area contributed by atoms with Crippen LogP contribution in [0.15, 0.2) is 60.1 Å². The molecule has 3 aromatic rings. The van der Waals surface area contributed by atoms with Crippen molar-refractivity contribution in [1.82, 2.24) is 10.3 Å². The quantitative estimate of drug-likeness (QED) is 0.354. The summed E-state index contributed by atoms with van der Waals surface area (Å²) in [6.07, 6.45) is 0.783. The minimum atomic E-state index is -0.453. The highest BCUT2D eigenvalue weighted by Gasteiger charge is 2.32. The Morgan fingerprint density at radius 1 is 1.08 bits per heavy atom. The minimum Gasteiger partial charge on any atom is -0.442 e. The Hall–Kier alpha value is -4.19. The number of pyridine rings is 1. The molecule has 5 rings (SSSR count). The zero-order valence-electron chi connectivity index (χ0n) is 20.0. The third kappa shape index (κ3) is 5.80. The summed E-state index contributed by atoms with van der Waals surface area (Å²) in [6.45, 7) is 3.68. The average molecular weight is 523 g/mol. The summed E-state index contributed by atoms with van der Waals surface area (Å²) in [4.78, 5) is 46.1. The molecule has 1 N–H and O–H groups in total. The number of nitro groups is 1. The molecule has 12 heteroatoms. The molecule has 192 valence electrons. The van der Waals surface area contributed by atoms with Gasteiger partial charge in [-0.05, 0) is 41.8 Å². The molecule has 1 atom stereocenters. The molecule has 2 aromatic heterocycles. The van der Waals surface area contributed by atoms with Gasteiger partial charge in [0.25, 0.3) is 5.69 Å². The zero-order chi connectivity index (χ0) is 25.8. The van der Waals surface area contributed by atoms with Crippen LogP contribution in [0.1, 0.15) is 4.88 Å². The van der Waals surface area contributed by atoms with Crippen LogP contribution in [0, 0.1) is 10.1 Å². The van der Waals surface area contributed by atoms with E-state index < -0.39 is 17.1 Å². The van der Waals surface area contributed by atoms with Crippen LogP contribution in [0.5, 0.6) is 0 Å². The van der Waals surface area contributed by atoms with Gasteiger partial charge >= 0.3 is 6.09 Å². The SMILES string of the molecule is O=C(Cc1cccs1)NC[C@H]1CN(c2ccc(N3CCN(c4ccc([N+](=O)[O-])cn4)CC3)cc2)C(=O)O1. The normalized spacial score (nSPS) is 17.6. The Morgan fingerprint density at radius 3 is 2.46 bits per heavy atom. The number of nitrogens with one attached hydrogen (secondary N) is 1. The monoisotopic (exact) mass is 522 g/mol. The summed E-state index contributed by atoms with van der Waals surface area (Å²) >= 11 is 1.54. The van der Waals surface area contributed by atoms with Gasteiger partial charge in [0.05, 0.1) is 24.4 Å². The highest BCUT2D eigenvalue weighted by atomic mass is 32.1. The average Bonchev–Trinajstić information content (AvgIpc) is 3.57. The minimum absolute atomic E-state index is 0.0189. The molecule has 2 saturated heterocycles. The fraction of sp³-hybridized carbons (Fsp3) is 0.320. The van der Waals surface area contributed by atoms with Crippen molar-refractivity contribution in [2.75, 3.05) is 54.0 Å². The standard InChI is InChI=1S/C25H26N6O5S/c32-24(14-22-2-1-13-37-22)27-16-21-17-30(25(33)36-21)19-5-3-18(4-6-19)28-9-11-29(12-10-28)23-8-7-20(15-26-23)31(34)35/h1-8,13,15,21H,9-12,14,16-17H2,(H,27,32)/t21-/m0/s1. The van der Waals surface area contributed by atoms with Crippen molar-refractivity contribution in [3.8, 4) is 0 Å². The van der Waals surface area contributed by atoms with Crippen molar-refractivity contribution in [3.05, 3.63) is 75.1 Å². The van der Waals surface area contributed by atoms with Crippen LogP contribution >= 0.6 is 11.3 Å². The molecule has 11 nitrogen and oxygen atoms in total. The summed E-state index contributed by atoms with van der Waals surface area (Å²) in [7, 11) is 0. The van der Waals surface area contributed by atoms with Crippen molar-refractivity contribution in [2.45, 2.75) is 12.5 Å². The molecular formula is C25H26N6O5S. The third-order valence-corrected chi connectivity index (χ3v) is 7.27. The van der Waals surface area contributed by atoms with E-state index in [1.54, 1.807) is 11.0 Å². The lowest BCUT2D eigenvalue weighted by Gasteiger charge is -2.36. The fourth-order valence-electron chi connectivity index (χ4n) is 4.41. The maximum absolute atomic E-state index is 12.4. The summed E-state index contributed by atoms with van der Waals surface area (Å²) in [6, 6.07) is 14.8. The van der Waals surface area contributed by atoms with Crippen LogP contribution in [-0.2, 0) is 16.0 Å². The molecule has 1 aromatic carbocycles. The number of nitrogens with zero attached hydrogens (tertiary/aromatic N) is 5. The van der Waals surface area contributed by atoms with Crippen molar-refractivity contribution < 1.29 is 19.2 Å². The van der Waals surface area contributed by atoms with Gasteiger partial charge in [-0.3, -0.25) is 19.8 Å². The second-order valence-electron chi connectivity index (χ2n) is 8.80. The number of carbonyl (C=O) groups is 2. The molecule has 0 aliphatic carbocycles. The molecule has 37 heavy (non-hydrogen) atoms. The summed E-state index contributed by atoms with van der Waals surface area (Å²) in [5.41, 5.74) is 1.77. The molecule has 2 fully saturated rings. The highest BCUT2D eigenvalue weighted by Crippen LogP contribution is 2.26. The van der Waals surface area contributed by atoms with Crippen LogP contribution in [0.4, 0.5) is 27.7 Å². The second-order valence-corrected chi connectivity index (χ2v) is 9.83. The number of piperazine rings is 1. The molecule has 0 radical (unpaired) electrons. The number of aromatic nitrogens is 1. The Bertz CT molecular complexity index is 1240. The number of cyclic esters (lactones) is 1. The van der Waals surface area contributed by atoms with Gasteiger partial charge in [0.15, 0.2) is 0 Å². The van der Waals surface area contributed by atoms with Gasteiger partial charge < -0.3 is 19.9 Å². The molecule has 0 unspecified atom stereocenters. The van der Waals surface area contributed by atoms with Crippen LogP contribution < -0.4 is 20.0 Å². The maximum atomic E-state index is 12.4. The van der Waals surface area contributed by atoms with Crippen LogP contribution in [-0.4, -0.2) is 67.3 Å². The lowest BCUT2D eigenvalue weighted by molar-refractivity contribution is -0.385. The van der Waals surface area contributed by atoms with E-state index >= 15 is 0 Å². The third-order valence-electron chi connectivity index (χ3n) is 6.39. The van der Waals surface area contributed by atoms with Gasteiger partial charge in [-0.15, -0.1) is 11.3 Å². The van der Waals surface area contributed by atoms with Crippen LogP contribution in [0.25, 0.3) is 0 Å². The van der Waals surface area contributed by atoms with Gasteiger partial charge in [-0.25, -0.2) is 9.78 Å². The van der Waals surface area contributed by atoms with E-state index in [0.29, 0.717) is 13.0 Å². The number of anilines is 3. The number of rotatable bonds is 8. The molecule has 2 aliphatic heterocycles. The first-order valence-corrected chi connectivity index (χ1v) is 12.8. The van der Waals surface area contributed by atoms with Gasteiger partial charge in [-0.2, -0.15) is 0 Å². The topological polar surface area (TPSA) is 121 Å². The van der Waals surface area contributed by atoms with Gasteiger partial charge in [0.1, 0.15) is 18.1 Å². The number of thiophene rings is 1. The summed E-state index contributed by atoms with van der Waals surface area (Å²) in [5, 5.41) is 15.6.